The Morgan fingerprint density at radius 2 is 2.00 bits per heavy atom. The quantitative estimate of drug-likeness (QED) is 0.614. The highest BCUT2D eigenvalue weighted by atomic mass is 32.2. The zero-order valence-corrected chi connectivity index (χ0v) is 8.52. The van der Waals surface area contributed by atoms with Crippen molar-refractivity contribution in [3.05, 3.63) is 0 Å². The van der Waals surface area contributed by atoms with Crippen molar-refractivity contribution in [2.24, 2.45) is 0 Å². The molecular weight excluding hydrogens is 176 g/mol. The van der Waals surface area contributed by atoms with Crippen LogP contribution in [0.3, 0.4) is 0 Å². The Labute approximate surface area is 75.7 Å². The molecule has 72 valence electrons. The molecule has 0 saturated carbocycles. The summed E-state index contributed by atoms with van der Waals surface area (Å²) in [7, 11) is 0. The number of rotatable bonds is 2. The summed E-state index contributed by atoms with van der Waals surface area (Å²) >= 11 is -1.78. The van der Waals surface area contributed by atoms with Gasteiger partial charge in [-0.1, -0.05) is 0 Å². The summed E-state index contributed by atoms with van der Waals surface area (Å²) < 4.78 is 20.7. The van der Waals surface area contributed by atoms with Gasteiger partial charge in [-0.05, 0) is 20.8 Å². The smallest absolute Gasteiger partial charge is 0.234 e. The van der Waals surface area contributed by atoms with E-state index >= 15 is 0 Å². The van der Waals surface area contributed by atoms with E-state index in [9.17, 15) is 4.21 Å². The Morgan fingerprint density at radius 1 is 1.50 bits per heavy atom. The second kappa shape index (κ2) is 3.41. The van der Waals surface area contributed by atoms with E-state index in [1.165, 1.54) is 4.31 Å². The van der Waals surface area contributed by atoms with E-state index in [1.807, 2.05) is 0 Å². The molecule has 12 heavy (non-hydrogen) atoms. The summed E-state index contributed by atoms with van der Waals surface area (Å²) in [5, 5.41) is 3.35. The monoisotopic (exact) mass is 192 g/mol. The molecule has 1 aliphatic rings. The highest BCUT2D eigenvalue weighted by molar-refractivity contribution is 7.76. The molecule has 1 atom stereocenters. The first kappa shape index (κ1) is 10.1. The highest BCUT2D eigenvalue weighted by Gasteiger charge is 2.32. The van der Waals surface area contributed by atoms with Gasteiger partial charge in [-0.2, -0.15) is 4.31 Å². The van der Waals surface area contributed by atoms with Crippen molar-refractivity contribution in [1.82, 2.24) is 9.62 Å². The van der Waals surface area contributed by atoms with Crippen LogP contribution in [-0.4, -0.2) is 37.7 Å². The Kier molecular flexibility index (Phi) is 2.88. The van der Waals surface area contributed by atoms with Gasteiger partial charge in [-0.25, -0.2) is 4.21 Å². The highest BCUT2D eigenvalue weighted by Crippen LogP contribution is 2.12. The van der Waals surface area contributed by atoms with Gasteiger partial charge in [0.15, 0.2) is 0 Å². The number of nitrogens with one attached hydrogen (secondary N) is 1. The molecule has 0 aromatic carbocycles. The minimum Gasteiger partial charge on any atom is -0.307 e. The standard InChI is InChI=1S/C7H16N2O2S/c1-7(2,3)8-6-4-9(5-6)12(10)11/h6,8H,4-5H2,1-3H3,(H,10,11). The van der Waals surface area contributed by atoms with Crippen LogP contribution in [0.1, 0.15) is 20.8 Å². The maximum absolute atomic E-state index is 10.5. The van der Waals surface area contributed by atoms with Gasteiger partial charge in [0.2, 0.25) is 11.3 Å². The summed E-state index contributed by atoms with van der Waals surface area (Å²) in [6.07, 6.45) is 0. The molecule has 1 fully saturated rings. The third-order valence-corrected chi connectivity index (χ3v) is 2.45. The second-order valence-electron chi connectivity index (χ2n) is 4.17. The molecule has 0 aromatic heterocycles. The fourth-order valence-corrected chi connectivity index (χ4v) is 1.88. The maximum atomic E-state index is 10.5. The van der Waals surface area contributed by atoms with Gasteiger partial charge >= 0.3 is 0 Å². The number of hydrogen-bond acceptors (Lipinski definition) is 2. The lowest BCUT2D eigenvalue weighted by molar-refractivity contribution is 0.189. The molecule has 0 bridgehead atoms. The van der Waals surface area contributed by atoms with Crippen LogP contribution < -0.4 is 5.32 Å². The summed E-state index contributed by atoms with van der Waals surface area (Å²) in [6, 6.07) is 0.362. The van der Waals surface area contributed by atoms with E-state index in [2.05, 4.69) is 26.1 Å². The van der Waals surface area contributed by atoms with Crippen molar-refractivity contribution in [1.29, 1.82) is 0 Å². The molecular formula is C7H16N2O2S. The zero-order valence-electron chi connectivity index (χ0n) is 7.70. The van der Waals surface area contributed by atoms with Crippen molar-refractivity contribution in [2.75, 3.05) is 13.1 Å². The van der Waals surface area contributed by atoms with Gasteiger partial charge < -0.3 is 5.32 Å². The number of nitrogens with zero attached hydrogens (tertiary/aromatic N) is 1. The van der Waals surface area contributed by atoms with Gasteiger partial charge in [0.25, 0.3) is 0 Å². The summed E-state index contributed by atoms with van der Waals surface area (Å²) in [5.74, 6) is 0. The van der Waals surface area contributed by atoms with E-state index in [0.29, 0.717) is 19.1 Å². The lowest BCUT2D eigenvalue weighted by atomic mass is 10.0. The van der Waals surface area contributed by atoms with E-state index in [4.69, 9.17) is 4.55 Å². The van der Waals surface area contributed by atoms with Crippen LogP contribution in [0.4, 0.5) is 0 Å². The largest absolute Gasteiger partial charge is 0.307 e. The Morgan fingerprint density at radius 3 is 2.33 bits per heavy atom. The molecule has 0 spiro atoms. The van der Waals surface area contributed by atoms with Crippen molar-refractivity contribution in [3.8, 4) is 0 Å². The molecule has 2 N–H and O–H groups in total. The van der Waals surface area contributed by atoms with Gasteiger partial charge in [-0.3, -0.25) is 4.55 Å². The lowest BCUT2D eigenvalue weighted by Crippen LogP contribution is -2.62. The Hall–Kier alpha value is 0.0300. The van der Waals surface area contributed by atoms with Gasteiger partial charge in [0, 0.05) is 24.7 Å². The molecule has 1 heterocycles. The van der Waals surface area contributed by atoms with E-state index in [0.717, 1.165) is 0 Å². The average molecular weight is 192 g/mol. The topological polar surface area (TPSA) is 52.6 Å². The molecule has 1 rings (SSSR count). The fraction of sp³-hybridized carbons (Fsp3) is 1.00. The lowest BCUT2D eigenvalue weighted by Gasteiger charge is -2.40. The maximum Gasteiger partial charge on any atom is 0.234 e. The minimum atomic E-state index is -1.78. The first-order valence-electron chi connectivity index (χ1n) is 4.02. The third kappa shape index (κ3) is 2.82. The van der Waals surface area contributed by atoms with Crippen LogP contribution in [0, 0.1) is 0 Å². The van der Waals surface area contributed by atoms with Crippen molar-refractivity contribution in [2.45, 2.75) is 32.4 Å². The van der Waals surface area contributed by atoms with Crippen LogP contribution in [0.15, 0.2) is 0 Å². The number of hydrogen-bond donors (Lipinski definition) is 2. The Bertz CT molecular complexity index is 184. The van der Waals surface area contributed by atoms with Crippen LogP contribution in [0.25, 0.3) is 0 Å². The molecule has 1 aliphatic heterocycles. The average Bonchev–Trinajstić information content (AvgIpc) is 1.74. The molecule has 1 saturated heterocycles. The van der Waals surface area contributed by atoms with E-state index in [1.54, 1.807) is 0 Å². The molecule has 0 aliphatic carbocycles. The van der Waals surface area contributed by atoms with E-state index in [-0.39, 0.29) is 5.54 Å². The molecule has 4 nitrogen and oxygen atoms in total. The van der Waals surface area contributed by atoms with Gasteiger partial charge in [0.05, 0.1) is 0 Å². The predicted molar refractivity (Wildman–Crippen MR) is 49.0 cm³/mol. The van der Waals surface area contributed by atoms with Crippen LogP contribution in [0.2, 0.25) is 0 Å². The van der Waals surface area contributed by atoms with Crippen molar-refractivity contribution < 1.29 is 8.76 Å². The van der Waals surface area contributed by atoms with Crippen LogP contribution in [0.5, 0.6) is 0 Å². The Balaban J connectivity index is 2.22. The summed E-state index contributed by atoms with van der Waals surface area (Å²) in [4.78, 5) is 0. The van der Waals surface area contributed by atoms with Gasteiger partial charge in [-0.15, -0.1) is 0 Å². The van der Waals surface area contributed by atoms with Crippen LogP contribution >= 0.6 is 0 Å². The third-order valence-electron chi connectivity index (χ3n) is 1.71. The summed E-state index contributed by atoms with van der Waals surface area (Å²) in [5.41, 5.74) is 0.0910. The first-order valence-corrected chi connectivity index (χ1v) is 5.08. The predicted octanol–water partition coefficient (Wildman–Crippen LogP) is 0.195. The van der Waals surface area contributed by atoms with Crippen molar-refractivity contribution in [3.63, 3.8) is 0 Å². The van der Waals surface area contributed by atoms with Gasteiger partial charge in [0.1, 0.15) is 0 Å². The molecule has 0 radical (unpaired) electrons. The molecule has 5 heteroatoms. The molecule has 0 amide bonds. The van der Waals surface area contributed by atoms with E-state index < -0.39 is 11.3 Å². The van der Waals surface area contributed by atoms with Crippen LogP contribution in [-0.2, 0) is 11.3 Å². The molecule has 1 unspecified atom stereocenters. The second-order valence-corrected chi connectivity index (χ2v) is 5.15. The van der Waals surface area contributed by atoms with Crippen molar-refractivity contribution >= 4 is 11.3 Å². The minimum absolute atomic E-state index is 0.0910. The fourth-order valence-electron chi connectivity index (χ4n) is 1.27. The summed E-state index contributed by atoms with van der Waals surface area (Å²) in [6.45, 7) is 7.60. The molecule has 0 aromatic rings. The normalized spacial score (nSPS) is 23.7. The zero-order chi connectivity index (χ0) is 9.35. The SMILES string of the molecule is CC(C)(C)NC1CN(S(=O)O)C1. The first-order chi connectivity index (χ1) is 5.38.